The third-order valence-electron chi connectivity index (χ3n) is 3.58. The Morgan fingerprint density at radius 2 is 1.96 bits per heavy atom. The van der Waals surface area contributed by atoms with Crippen molar-refractivity contribution in [1.29, 1.82) is 0 Å². The molecule has 2 aromatic heterocycles. The van der Waals surface area contributed by atoms with Gasteiger partial charge in [0, 0.05) is 11.8 Å². The monoisotopic (exact) mass is 323 g/mol. The average Bonchev–Trinajstić information content (AvgIpc) is 3.15. The number of hydrogen-bond acceptors (Lipinski definition) is 5. The van der Waals surface area contributed by atoms with Crippen LogP contribution in [0.2, 0.25) is 0 Å². The van der Waals surface area contributed by atoms with Crippen LogP contribution in [0.3, 0.4) is 0 Å². The minimum Gasteiger partial charge on any atom is -0.494 e. The molecule has 0 saturated carbocycles. The normalized spacial score (nSPS) is 10.5. The molecule has 3 aromatic rings. The van der Waals surface area contributed by atoms with Crippen LogP contribution in [0.4, 0.5) is 11.5 Å². The van der Waals surface area contributed by atoms with E-state index >= 15 is 0 Å². The third-order valence-corrected chi connectivity index (χ3v) is 3.58. The van der Waals surface area contributed by atoms with E-state index in [1.807, 2.05) is 42.5 Å². The minimum atomic E-state index is 0.716. The van der Waals surface area contributed by atoms with Gasteiger partial charge in [0.15, 0.2) is 5.76 Å². The van der Waals surface area contributed by atoms with Crippen molar-refractivity contribution in [3.05, 3.63) is 55.1 Å². The zero-order valence-corrected chi connectivity index (χ0v) is 13.7. The van der Waals surface area contributed by atoms with Crippen molar-refractivity contribution in [2.24, 2.45) is 0 Å². The number of nitrogens with zero attached hydrogens (tertiary/aromatic N) is 2. The van der Waals surface area contributed by atoms with E-state index in [1.165, 1.54) is 19.2 Å². The Morgan fingerprint density at radius 1 is 1.08 bits per heavy atom. The second kappa shape index (κ2) is 8.15. The lowest BCUT2D eigenvalue weighted by molar-refractivity contribution is 0.306. The Labute approximate surface area is 141 Å². The summed E-state index contributed by atoms with van der Waals surface area (Å²) in [5.41, 5.74) is 1.69. The highest BCUT2D eigenvalue weighted by molar-refractivity contribution is 5.62. The Morgan fingerprint density at radius 3 is 2.71 bits per heavy atom. The lowest BCUT2D eigenvalue weighted by atomic mass is 10.2. The van der Waals surface area contributed by atoms with Crippen LogP contribution in [0.1, 0.15) is 26.2 Å². The van der Waals surface area contributed by atoms with E-state index < -0.39 is 0 Å². The van der Waals surface area contributed by atoms with Crippen LogP contribution in [0.25, 0.3) is 11.5 Å². The highest BCUT2D eigenvalue weighted by Gasteiger charge is 2.05. The van der Waals surface area contributed by atoms with Crippen LogP contribution < -0.4 is 10.1 Å². The van der Waals surface area contributed by atoms with Gasteiger partial charge in [-0.1, -0.05) is 19.8 Å². The van der Waals surface area contributed by atoms with Crippen LogP contribution >= 0.6 is 0 Å². The molecular formula is C19H21N3O2. The van der Waals surface area contributed by atoms with Crippen LogP contribution in [0.15, 0.2) is 59.5 Å². The first-order chi connectivity index (χ1) is 11.8. The smallest absolute Gasteiger partial charge is 0.152 e. The van der Waals surface area contributed by atoms with Crippen molar-refractivity contribution in [2.45, 2.75) is 26.2 Å². The molecule has 3 rings (SSSR count). The fourth-order valence-corrected chi connectivity index (χ4v) is 2.31. The van der Waals surface area contributed by atoms with Gasteiger partial charge in [0.2, 0.25) is 0 Å². The molecule has 2 heterocycles. The Kier molecular flexibility index (Phi) is 5.45. The van der Waals surface area contributed by atoms with E-state index in [4.69, 9.17) is 9.15 Å². The van der Waals surface area contributed by atoms with Gasteiger partial charge < -0.3 is 14.5 Å². The maximum atomic E-state index is 5.72. The predicted octanol–water partition coefficient (Wildman–Crippen LogP) is 5.05. The summed E-state index contributed by atoms with van der Waals surface area (Å²) < 4.78 is 11.1. The van der Waals surface area contributed by atoms with Crippen molar-refractivity contribution < 1.29 is 9.15 Å². The first-order valence-electron chi connectivity index (χ1n) is 8.21. The molecule has 0 aliphatic heterocycles. The lowest BCUT2D eigenvalue weighted by Crippen LogP contribution is -1.98. The first-order valence-corrected chi connectivity index (χ1v) is 8.21. The summed E-state index contributed by atoms with van der Waals surface area (Å²) in [7, 11) is 0. The zero-order chi connectivity index (χ0) is 16.6. The number of hydrogen-bond donors (Lipinski definition) is 1. The van der Waals surface area contributed by atoms with Crippen LogP contribution in [0.5, 0.6) is 5.75 Å². The molecular weight excluding hydrogens is 302 g/mol. The summed E-state index contributed by atoms with van der Waals surface area (Å²) in [4.78, 5) is 8.46. The largest absolute Gasteiger partial charge is 0.494 e. The highest BCUT2D eigenvalue weighted by atomic mass is 16.5. The third kappa shape index (κ3) is 4.35. The number of aromatic nitrogens is 2. The number of ether oxygens (including phenoxy) is 1. The van der Waals surface area contributed by atoms with E-state index in [-0.39, 0.29) is 0 Å². The molecule has 5 nitrogen and oxygen atoms in total. The molecule has 0 radical (unpaired) electrons. The lowest BCUT2D eigenvalue weighted by Gasteiger charge is -2.09. The summed E-state index contributed by atoms with van der Waals surface area (Å²) in [6.07, 6.45) is 6.64. The number of benzene rings is 1. The summed E-state index contributed by atoms with van der Waals surface area (Å²) in [6, 6.07) is 13.4. The fourth-order valence-electron chi connectivity index (χ4n) is 2.31. The van der Waals surface area contributed by atoms with E-state index in [2.05, 4.69) is 22.2 Å². The van der Waals surface area contributed by atoms with E-state index in [1.54, 1.807) is 6.26 Å². The SMILES string of the molecule is CCCCCOc1ccc(Nc2cc(-c3ccco3)ncn2)cc1. The molecule has 0 atom stereocenters. The number of furan rings is 1. The highest BCUT2D eigenvalue weighted by Crippen LogP contribution is 2.22. The molecule has 1 N–H and O–H groups in total. The van der Waals surface area contributed by atoms with Gasteiger partial charge in [0.05, 0.1) is 12.9 Å². The molecule has 0 fully saturated rings. The molecule has 24 heavy (non-hydrogen) atoms. The van der Waals surface area contributed by atoms with Crippen molar-refractivity contribution in [3.8, 4) is 17.2 Å². The number of rotatable bonds is 8. The molecule has 0 aliphatic rings. The zero-order valence-electron chi connectivity index (χ0n) is 13.7. The van der Waals surface area contributed by atoms with E-state index in [0.29, 0.717) is 5.82 Å². The van der Waals surface area contributed by atoms with Gasteiger partial charge in [-0.2, -0.15) is 0 Å². The van der Waals surface area contributed by atoms with Crippen molar-refractivity contribution in [1.82, 2.24) is 9.97 Å². The Balaban J connectivity index is 1.61. The van der Waals surface area contributed by atoms with Crippen molar-refractivity contribution >= 4 is 11.5 Å². The maximum Gasteiger partial charge on any atom is 0.152 e. The van der Waals surface area contributed by atoms with Crippen LogP contribution in [-0.4, -0.2) is 16.6 Å². The molecule has 0 aliphatic carbocycles. The predicted molar refractivity (Wildman–Crippen MR) is 94.5 cm³/mol. The number of unbranched alkanes of at least 4 members (excludes halogenated alkanes) is 2. The molecule has 0 amide bonds. The van der Waals surface area contributed by atoms with E-state index in [0.717, 1.165) is 35.9 Å². The molecule has 1 aromatic carbocycles. The number of nitrogens with one attached hydrogen (secondary N) is 1. The van der Waals surface area contributed by atoms with Gasteiger partial charge in [-0.05, 0) is 42.8 Å². The second-order valence-electron chi connectivity index (χ2n) is 5.47. The van der Waals surface area contributed by atoms with Crippen molar-refractivity contribution in [2.75, 3.05) is 11.9 Å². The molecule has 0 saturated heterocycles. The standard InChI is InChI=1S/C19H21N3O2/c1-2-3-4-11-23-16-9-7-15(8-10-16)22-19-13-17(20-14-21-19)18-6-5-12-24-18/h5-10,12-14H,2-4,11H2,1H3,(H,20,21,22). The summed E-state index contributed by atoms with van der Waals surface area (Å²) in [6.45, 7) is 2.95. The second-order valence-corrected chi connectivity index (χ2v) is 5.47. The fraction of sp³-hybridized carbons (Fsp3) is 0.263. The van der Waals surface area contributed by atoms with Gasteiger partial charge in [0.25, 0.3) is 0 Å². The molecule has 0 unspecified atom stereocenters. The van der Waals surface area contributed by atoms with Crippen LogP contribution in [-0.2, 0) is 0 Å². The van der Waals surface area contributed by atoms with Gasteiger partial charge in [-0.25, -0.2) is 9.97 Å². The quantitative estimate of drug-likeness (QED) is 0.588. The number of anilines is 2. The van der Waals surface area contributed by atoms with Gasteiger partial charge in [-0.3, -0.25) is 0 Å². The summed E-state index contributed by atoms with van der Waals surface area (Å²) in [5, 5.41) is 3.26. The first kappa shape index (κ1) is 16.1. The van der Waals surface area contributed by atoms with Gasteiger partial charge in [-0.15, -0.1) is 0 Å². The maximum absolute atomic E-state index is 5.72. The topological polar surface area (TPSA) is 60.2 Å². The molecule has 5 heteroatoms. The molecule has 0 bridgehead atoms. The summed E-state index contributed by atoms with van der Waals surface area (Å²) in [5.74, 6) is 2.32. The Hall–Kier alpha value is -2.82. The van der Waals surface area contributed by atoms with Gasteiger partial charge in [0.1, 0.15) is 23.6 Å². The van der Waals surface area contributed by atoms with Crippen LogP contribution in [0, 0.1) is 0 Å². The molecule has 124 valence electrons. The van der Waals surface area contributed by atoms with Gasteiger partial charge >= 0.3 is 0 Å². The minimum absolute atomic E-state index is 0.716. The summed E-state index contributed by atoms with van der Waals surface area (Å²) >= 11 is 0. The Bertz CT molecular complexity index is 740. The van der Waals surface area contributed by atoms with E-state index in [9.17, 15) is 0 Å². The van der Waals surface area contributed by atoms with Crippen molar-refractivity contribution in [3.63, 3.8) is 0 Å². The molecule has 0 spiro atoms. The average molecular weight is 323 g/mol.